The summed E-state index contributed by atoms with van der Waals surface area (Å²) in [6.07, 6.45) is -0.540. The monoisotopic (exact) mass is 503 g/mol. The summed E-state index contributed by atoms with van der Waals surface area (Å²) in [4.78, 5) is 19.4. The average molecular weight is 504 g/mol. The molecule has 0 fully saturated rings. The first-order valence-corrected chi connectivity index (χ1v) is 12.4. The van der Waals surface area contributed by atoms with Gasteiger partial charge in [-0.3, -0.25) is 4.72 Å². The van der Waals surface area contributed by atoms with Crippen molar-refractivity contribution in [3.63, 3.8) is 0 Å². The van der Waals surface area contributed by atoms with Crippen molar-refractivity contribution < 1.29 is 26.9 Å². The van der Waals surface area contributed by atoms with E-state index in [4.69, 9.17) is 4.74 Å². The van der Waals surface area contributed by atoms with E-state index in [1.807, 2.05) is 0 Å². The van der Waals surface area contributed by atoms with E-state index in [-0.39, 0.29) is 28.5 Å². The Bertz CT molecular complexity index is 1220. The molecule has 0 spiro atoms. The number of pyridine rings is 2. The van der Waals surface area contributed by atoms with Crippen LogP contribution in [-0.2, 0) is 28.4 Å². The first-order valence-electron chi connectivity index (χ1n) is 11.3. The number of benzene rings is 1. The van der Waals surface area contributed by atoms with Crippen molar-refractivity contribution in [2.45, 2.75) is 55.8 Å². The summed E-state index contributed by atoms with van der Waals surface area (Å²) >= 11 is 0. The number of halogens is 3. The second-order valence-corrected chi connectivity index (χ2v) is 9.32. The molecule has 4 bridgehead atoms. The number of anilines is 1. The van der Waals surface area contributed by atoms with Crippen LogP contribution in [0.25, 0.3) is 11.3 Å². The van der Waals surface area contributed by atoms with Crippen LogP contribution in [0.15, 0.2) is 59.6 Å². The van der Waals surface area contributed by atoms with Gasteiger partial charge in [-0.05, 0) is 55.9 Å². The summed E-state index contributed by atoms with van der Waals surface area (Å²) in [5, 5.41) is 0.146. The quantitative estimate of drug-likeness (QED) is 0.461. The summed E-state index contributed by atoms with van der Waals surface area (Å²) in [7, 11) is -1.89. The molecule has 3 aromatic rings. The molecule has 6 nitrogen and oxygen atoms in total. The maximum atomic E-state index is 13.9. The molecule has 1 N–H and O–H groups in total. The van der Waals surface area contributed by atoms with Crippen molar-refractivity contribution in [1.29, 1.82) is 0 Å². The Morgan fingerprint density at radius 2 is 1.89 bits per heavy atom. The SMILES string of the molecule is O=CCCC1CCCCc2ccccc2-c2nc(ccc2C(F)(F)F)NS(=O)c2cccc(n2)O1. The van der Waals surface area contributed by atoms with Crippen molar-refractivity contribution >= 4 is 23.1 Å². The van der Waals surface area contributed by atoms with E-state index in [0.29, 0.717) is 31.2 Å². The third-order valence-electron chi connectivity index (χ3n) is 5.67. The van der Waals surface area contributed by atoms with Crippen LogP contribution in [0.2, 0.25) is 0 Å². The largest absolute Gasteiger partial charge is 0.474 e. The van der Waals surface area contributed by atoms with Gasteiger partial charge in [0.25, 0.3) is 0 Å². The molecule has 0 aliphatic carbocycles. The lowest BCUT2D eigenvalue weighted by atomic mass is 9.95. The third-order valence-corrected chi connectivity index (χ3v) is 6.68. The van der Waals surface area contributed by atoms with Gasteiger partial charge in [-0.1, -0.05) is 30.3 Å². The predicted octanol–water partition coefficient (Wildman–Crippen LogP) is 5.75. The second-order valence-electron chi connectivity index (χ2n) is 8.16. The number of aromatic nitrogens is 2. The minimum atomic E-state index is -4.60. The van der Waals surface area contributed by atoms with Gasteiger partial charge in [0.15, 0.2) is 16.0 Å². The molecule has 4 rings (SSSR count). The molecule has 1 aliphatic rings. The third kappa shape index (κ3) is 6.25. The Hall–Kier alpha value is -3.27. The zero-order valence-corrected chi connectivity index (χ0v) is 19.6. The number of hydrogen-bond donors (Lipinski definition) is 1. The average Bonchev–Trinajstić information content (AvgIpc) is 2.84. The van der Waals surface area contributed by atoms with E-state index in [9.17, 15) is 22.2 Å². The molecule has 35 heavy (non-hydrogen) atoms. The maximum absolute atomic E-state index is 13.9. The molecule has 2 aromatic heterocycles. The van der Waals surface area contributed by atoms with Crippen LogP contribution in [0.3, 0.4) is 0 Å². The lowest BCUT2D eigenvalue weighted by molar-refractivity contribution is -0.137. The van der Waals surface area contributed by atoms with Crippen molar-refractivity contribution in [2.24, 2.45) is 0 Å². The molecule has 0 radical (unpaired) electrons. The van der Waals surface area contributed by atoms with Gasteiger partial charge in [-0.25, -0.2) is 14.2 Å². The van der Waals surface area contributed by atoms with Crippen LogP contribution < -0.4 is 9.46 Å². The van der Waals surface area contributed by atoms with Gasteiger partial charge in [0.2, 0.25) is 5.88 Å². The number of rotatable bonds is 3. The fraction of sp³-hybridized carbons (Fsp3) is 0.320. The summed E-state index contributed by atoms with van der Waals surface area (Å²) in [5.41, 5.74) is 0.0595. The van der Waals surface area contributed by atoms with Crippen LogP contribution in [0, 0.1) is 0 Å². The minimum Gasteiger partial charge on any atom is -0.474 e. The number of carbonyl (C=O) groups is 1. The fourth-order valence-electron chi connectivity index (χ4n) is 4.01. The van der Waals surface area contributed by atoms with E-state index in [1.54, 1.807) is 36.4 Å². The van der Waals surface area contributed by atoms with Crippen LogP contribution in [-0.4, -0.2) is 26.6 Å². The molecular weight excluding hydrogens is 479 g/mol. The number of alkyl halides is 3. The Morgan fingerprint density at radius 3 is 2.69 bits per heavy atom. The smallest absolute Gasteiger partial charge is 0.418 e. The van der Waals surface area contributed by atoms with Crippen LogP contribution >= 0.6 is 0 Å². The van der Waals surface area contributed by atoms with Crippen molar-refractivity contribution in [1.82, 2.24) is 9.97 Å². The molecule has 2 atom stereocenters. The minimum absolute atomic E-state index is 0.0326. The second kappa shape index (κ2) is 11.0. The van der Waals surface area contributed by atoms with E-state index in [0.717, 1.165) is 36.8 Å². The summed E-state index contributed by atoms with van der Waals surface area (Å²) in [6.45, 7) is 0. The molecule has 0 amide bonds. The Kier molecular flexibility index (Phi) is 7.80. The molecular formula is C25H24F3N3O3S. The molecule has 10 heteroatoms. The Balaban J connectivity index is 1.77. The first kappa shape index (κ1) is 24.8. The van der Waals surface area contributed by atoms with Crippen LogP contribution in [0.1, 0.15) is 43.2 Å². The van der Waals surface area contributed by atoms with Gasteiger partial charge < -0.3 is 9.53 Å². The number of carbonyl (C=O) groups excluding carboxylic acids is 1. The van der Waals surface area contributed by atoms with Crippen molar-refractivity contribution in [3.05, 3.63) is 65.7 Å². The zero-order valence-electron chi connectivity index (χ0n) is 18.8. The van der Waals surface area contributed by atoms with E-state index >= 15 is 0 Å². The van der Waals surface area contributed by atoms with Crippen molar-refractivity contribution in [2.75, 3.05) is 4.72 Å². The highest BCUT2D eigenvalue weighted by molar-refractivity contribution is 7.86. The van der Waals surface area contributed by atoms with Crippen molar-refractivity contribution in [3.8, 4) is 17.1 Å². The molecule has 184 valence electrons. The van der Waals surface area contributed by atoms with E-state index in [1.165, 1.54) is 6.07 Å². The topological polar surface area (TPSA) is 81.2 Å². The number of fused-ring (bicyclic) bond motifs is 6. The standard InChI is InChI=1S/C25H24F3N3O3S/c26-25(27,28)20-14-15-21-29-24(20)19-11-4-2-8-17(19)7-1-3-9-18(10-6-16-32)34-22-12-5-13-23(30-22)35(33)31-21/h2,4-5,8,11-16,18H,1,3,6-7,9-10H2,(H,29,31). The summed E-state index contributed by atoms with van der Waals surface area (Å²) in [5.74, 6) is 0.303. The normalized spacial score (nSPS) is 18.6. The number of nitrogens with one attached hydrogen (secondary N) is 1. The number of nitrogens with zero attached hydrogens (tertiary/aromatic N) is 2. The van der Waals surface area contributed by atoms with Gasteiger partial charge in [0, 0.05) is 18.1 Å². The molecule has 1 aromatic carbocycles. The highest BCUT2D eigenvalue weighted by atomic mass is 32.2. The van der Waals surface area contributed by atoms with Gasteiger partial charge in [-0.15, -0.1) is 0 Å². The molecule has 2 unspecified atom stereocenters. The fourth-order valence-corrected chi connectivity index (χ4v) is 4.79. The number of aryl methyl sites for hydroxylation is 1. The zero-order chi connectivity index (χ0) is 24.8. The van der Waals surface area contributed by atoms with Crippen LogP contribution in [0.4, 0.5) is 19.0 Å². The number of aldehydes is 1. The number of ether oxygens (including phenoxy) is 1. The summed E-state index contributed by atoms with van der Waals surface area (Å²) < 4.78 is 63.2. The molecule has 3 heterocycles. The van der Waals surface area contributed by atoms with E-state index in [2.05, 4.69) is 14.7 Å². The predicted molar refractivity (Wildman–Crippen MR) is 126 cm³/mol. The highest BCUT2D eigenvalue weighted by Gasteiger charge is 2.35. The Morgan fingerprint density at radius 1 is 1.06 bits per heavy atom. The summed E-state index contributed by atoms with van der Waals surface area (Å²) in [6, 6.07) is 13.8. The van der Waals surface area contributed by atoms with Gasteiger partial charge >= 0.3 is 6.18 Å². The van der Waals surface area contributed by atoms with Gasteiger partial charge in [0.05, 0.1) is 11.3 Å². The maximum Gasteiger partial charge on any atom is 0.418 e. The highest BCUT2D eigenvalue weighted by Crippen LogP contribution is 2.38. The first-order chi connectivity index (χ1) is 16.8. The molecule has 0 saturated carbocycles. The lowest BCUT2D eigenvalue weighted by Crippen LogP contribution is -2.18. The van der Waals surface area contributed by atoms with Gasteiger partial charge in [-0.2, -0.15) is 13.2 Å². The van der Waals surface area contributed by atoms with Gasteiger partial charge in [0.1, 0.15) is 18.2 Å². The lowest BCUT2D eigenvalue weighted by Gasteiger charge is -2.19. The molecule has 0 saturated heterocycles. The van der Waals surface area contributed by atoms with E-state index < -0.39 is 22.7 Å². The number of hydrogen-bond acceptors (Lipinski definition) is 5. The van der Waals surface area contributed by atoms with Crippen LogP contribution in [0.5, 0.6) is 5.88 Å². The Labute approximate surface area is 203 Å². The molecule has 1 aliphatic heterocycles.